The van der Waals surface area contributed by atoms with E-state index in [1.807, 2.05) is 0 Å². The van der Waals surface area contributed by atoms with E-state index in [0.29, 0.717) is 5.56 Å². The Bertz CT molecular complexity index is 541. The van der Waals surface area contributed by atoms with Gasteiger partial charge in [-0.05, 0) is 44.9 Å². The Kier molecular flexibility index (Phi) is 6.89. The summed E-state index contributed by atoms with van der Waals surface area (Å²) in [5.74, 6) is -0.685. The Morgan fingerprint density at radius 2 is 1.96 bits per heavy atom. The molecule has 136 valence electrons. The van der Waals surface area contributed by atoms with Crippen molar-refractivity contribution in [2.24, 2.45) is 5.92 Å². The number of benzene rings is 1. The molecule has 0 radical (unpaired) electrons. The van der Waals surface area contributed by atoms with Crippen LogP contribution < -0.4 is 10.1 Å². The molecule has 0 fully saturated rings. The van der Waals surface area contributed by atoms with E-state index in [0.717, 1.165) is 0 Å². The monoisotopic (exact) mass is 349 g/mol. The Morgan fingerprint density at radius 1 is 1.29 bits per heavy atom. The van der Waals surface area contributed by atoms with Crippen LogP contribution in [0, 0.1) is 5.92 Å². The van der Waals surface area contributed by atoms with Crippen LogP contribution in [0.4, 0.5) is 18.0 Å². The van der Waals surface area contributed by atoms with E-state index in [9.17, 15) is 23.1 Å². The van der Waals surface area contributed by atoms with Crippen LogP contribution in [0.1, 0.15) is 26.3 Å². The number of halogens is 3. The number of rotatable bonds is 6. The maximum Gasteiger partial charge on any atom is 0.573 e. The fourth-order valence-corrected chi connectivity index (χ4v) is 1.95. The quantitative estimate of drug-likeness (QED) is 0.827. The molecule has 0 aliphatic carbocycles. The Morgan fingerprint density at radius 3 is 2.50 bits per heavy atom. The highest BCUT2D eigenvalue weighted by Gasteiger charge is 2.31. The minimum Gasteiger partial charge on any atom is -0.444 e. The fourth-order valence-electron chi connectivity index (χ4n) is 1.95. The Balaban J connectivity index is 2.59. The van der Waals surface area contributed by atoms with Crippen molar-refractivity contribution >= 4 is 6.09 Å². The number of hydrogen-bond acceptors (Lipinski definition) is 4. The van der Waals surface area contributed by atoms with Gasteiger partial charge in [0, 0.05) is 19.1 Å². The van der Waals surface area contributed by atoms with Crippen LogP contribution >= 0.6 is 0 Å². The molecule has 2 N–H and O–H groups in total. The summed E-state index contributed by atoms with van der Waals surface area (Å²) in [6.07, 6.45) is -5.09. The van der Waals surface area contributed by atoms with Gasteiger partial charge in [-0.25, -0.2) is 4.79 Å². The molecule has 0 aliphatic heterocycles. The number of carbonyl (C=O) groups is 1. The molecule has 1 aromatic carbocycles. The Hall–Kier alpha value is -1.96. The summed E-state index contributed by atoms with van der Waals surface area (Å²) in [6, 6.07) is 5.51. The molecule has 1 unspecified atom stereocenters. The number of amides is 1. The smallest absolute Gasteiger partial charge is 0.444 e. The predicted octanol–water partition coefficient (Wildman–Crippen LogP) is 3.26. The summed E-state index contributed by atoms with van der Waals surface area (Å²) in [5, 5.41) is 11.9. The average Bonchev–Trinajstić information content (AvgIpc) is 2.40. The van der Waals surface area contributed by atoms with E-state index in [2.05, 4.69) is 10.1 Å². The standard InChI is InChI=1S/C16H22F3NO4/c1-15(2,3)24-14(22)20-9-12(10-21)7-11-5-4-6-13(8-11)23-16(17,18)19/h4-6,8,12,21H,7,9-10H2,1-3H3,(H,20,22). The third-order valence-electron chi connectivity index (χ3n) is 2.85. The van der Waals surface area contributed by atoms with E-state index in [1.54, 1.807) is 26.8 Å². The number of ether oxygens (including phenoxy) is 2. The van der Waals surface area contributed by atoms with Crippen LogP contribution in [0.5, 0.6) is 5.75 Å². The number of nitrogens with one attached hydrogen (secondary N) is 1. The largest absolute Gasteiger partial charge is 0.573 e. The van der Waals surface area contributed by atoms with Gasteiger partial charge in [0.25, 0.3) is 0 Å². The van der Waals surface area contributed by atoms with Crippen molar-refractivity contribution in [2.75, 3.05) is 13.2 Å². The first-order valence-corrected chi connectivity index (χ1v) is 7.41. The maximum atomic E-state index is 12.2. The maximum absolute atomic E-state index is 12.2. The van der Waals surface area contributed by atoms with Crippen LogP contribution in [-0.4, -0.2) is 36.3 Å². The minimum atomic E-state index is -4.76. The highest BCUT2D eigenvalue weighted by atomic mass is 19.4. The highest BCUT2D eigenvalue weighted by molar-refractivity contribution is 5.67. The van der Waals surface area contributed by atoms with Gasteiger partial charge in [-0.15, -0.1) is 13.2 Å². The second-order valence-electron chi connectivity index (χ2n) is 6.33. The number of alkyl carbamates (subject to hydrolysis) is 1. The average molecular weight is 349 g/mol. The molecule has 0 aromatic heterocycles. The minimum absolute atomic E-state index is 0.135. The molecular weight excluding hydrogens is 327 g/mol. The summed E-state index contributed by atoms with van der Waals surface area (Å²) in [7, 11) is 0. The first-order valence-electron chi connectivity index (χ1n) is 7.41. The summed E-state index contributed by atoms with van der Waals surface area (Å²) in [5.41, 5.74) is -0.0796. The van der Waals surface area contributed by atoms with Gasteiger partial charge in [0.2, 0.25) is 0 Å². The zero-order valence-corrected chi connectivity index (χ0v) is 13.8. The fraction of sp³-hybridized carbons (Fsp3) is 0.562. The molecule has 0 saturated heterocycles. The lowest BCUT2D eigenvalue weighted by Gasteiger charge is -2.21. The molecule has 0 spiro atoms. The van der Waals surface area contributed by atoms with Crippen LogP contribution in [-0.2, 0) is 11.2 Å². The zero-order valence-electron chi connectivity index (χ0n) is 13.8. The number of hydrogen-bond donors (Lipinski definition) is 2. The third-order valence-corrected chi connectivity index (χ3v) is 2.85. The molecule has 0 aliphatic rings. The number of aliphatic hydroxyl groups excluding tert-OH is 1. The molecule has 1 aromatic rings. The molecule has 0 heterocycles. The number of carbonyl (C=O) groups excluding carboxylic acids is 1. The van der Waals surface area contributed by atoms with E-state index in [1.165, 1.54) is 18.2 Å². The van der Waals surface area contributed by atoms with Crippen LogP contribution in [0.2, 0.25) is 0 Å². The zero-order chi connectivity index (χ0) is 18.4. The Labute approximate surface area is 138 Å². The lowest BCUT2D eigenvalue weighted by Crippen LogP contribution is -2.36. The second kappa shape index (κ2) is 8.23. The molecule has 1 amide bonds. The van der Waals surface area contributed by atoms with E-state index in [-0.39, 0.29) is 31.2 Å². The highest BCUT2D eigenvalue weighted by Crippen LogP contribution is 2.24. The first-order chi connectivity index (χ1) is 11.0. The van der Waals surface area contributed by atoms with Crippen LogP contribution in [0.15, 0.2) is 24.3 Å². The summed E-state index contributed by atoms with van der Waals surface area (Å²) in [6.45, 7) is 5.07. The molecule has 5 nitrogen and oxygen atoms in total. The number of alkyl halides is 3. The normalized spacial score (nSPS) is 13.3. The molecule has 24 heavy (non-hydrogen) atoms. The van der Waals surface area contributed by atoms with Gasteiger partial charge in [-0.3, -0.25) is 0 Å². The van der Waals surface area contributed by atoms with Crippen molar-refractivity contribution in [3.05, 3.63) is 29.8 Å². The lowest BCUT2D eigenvalue weighted by atomic mass is 10.00. The summed E-state index contributed by atoms with van der Waals surface area (Å²) in [4.78, 5) is 11.6. The predicted molar refractivity (Wildman–Crippen MR) is 81.6 cm³/mol. The van der Waals surface area contributed by atoms with Gasteiger partial charge in [-0.2, -0.15) is 0 Å². The SMILES string of the molecule is CC(C)(C)OC(=O)NCC(CO)Cc1cccc(OC(F)(F)F)c1. The van der Waals surface area contributed by atoms with Gasteiger partial charge < -0.3 is 19.9 Å². The molecule has 1 atom stereocenters. The van der Waals surface area contributed by atoms with Crippen molar-refractivity contribution in [1.29, 1.82) is 0 Å². The van der Waals surface area contributed by atoms with E-state index in [4.69, 9.17) is 4.74 Å². The van der Waals surface area contributed by atoms with Gasteiger partial charge in [0.15, 0.2) is 0 Å². The molecule has 8 heteroatoms. The summed E-state index contributed by atoms with van der Waals surface area (Å²) >= 11 is 0. The van der Waals surface area contributed by atoms with E-state index < -0.39 is 18.1 Å². The van der Waals surface area contributed by atoms with Crippen molar-refractivity contribution in [2.45, 2.75) is 39.2 Å². The van der Waals surface area contributed by atoms with E-state index >= 15 is 0 Å². The molecule has 0 saturated carbocycles. The van der Waals surface area contributed by atoms with Gasteiger partial charge in [-0.1, -0.05) is 12.1 Å². The third kappa shape index (κ3) is 8.61. The van der Waals surface area contributed by atoms with Crippen molar-refractivity contribution in [3.8, 4) is 5.75 Å². The van der Waals surface area contributed by atoms with Crippen molar-refractivity contribution in [3.63, 3.8) is 0 Å². The lowest BCUT2D eigenvalue weighted by molar-refractivity contribution is -0.274. The molecule has 0 bridgehead atoms. The molecular formula is C16H22F3NO4. The van der Waals surface area contributed by atoms with Crippen LogP contribution in [0.3, 0.4) is 0 Å². The number of aliphatic hydroxyl groups is 1. The van der Waals surface area contributed by atoms with Gasteiger partial charge in [0.05, 0.1) is 0 Å². The van der Waals surface area contributed by atoms with Crippen molar-refractivity contribution in [1.82, 2.24) is 5.32 Å². The van der Waals surface area contributed by atoms with Gasteiger partial charge in [0.1, 0.15) is 11.4 Å². The van der Waals surface area contributed by atoms with Gasteiger partial charge >= 0.3 is 12.5 Å². The summed E-state index contributed by atoms with van der Waals surface area (Å²) < 4.78 is 45.6. The van der Waals surface area contributed by atoms with Crippen molar-refractivity contribution < 1.29 is 32.5 Å². The molecule has 1 rings (SSSR count). The van der Waals surface area contributed by atoms with Crippen LogP contribution in [0.25, 0.3) is 0 Å². The topological polar surface area (TPSA) is 67.8 Å². The second-order valence-corrected chi connectivity index (χ2v) is 6.33. The first kappa shape index (κ1) is 20.1.